The number of rotatable bonds is 4. The molecule has 0 aliphatic heterocycles. The van der Waals surface area contributed by atoms with Crippen LogP contribution in [0.4, 0.5) is 4.79 Å². The second kappa shape index (κ2) is 12.9. The maximum absolute atomic E-state index is 9.38. The first-order chi connectivity index (χ1) is 5.68. The summed E-state index contributed by atoms with van der Waals surface area (Å²) in [5.41, 5.74) is 0. The summed E-state index contributed by atoms with van der Waals surface area (Å²) in [6, 6.07) is 0. The Labute approximate surface area is 74.7 Å². The number of unbranched alkanes of at least 4 members (excludes halogenated alkanes) is 3. The molecule has 0 radical (unpaired) electrons. The normalized spacial score (nSPS) is 8.25. The SMILES string of the molecule is CCCCCC.CCOC(=O)O. The fourth-order valence-corrected chi connectivity index (χ4v) is 0.623. The fourth-order valence-electron chi connectivity index (χ4n) is 0.623. The molecule has 3 heteroatoms. The third kappa shape index (κ3) is 22.8. The second-order valence-electron chi connectivity index (χ2n) is 2.41. The number of ether oxygens (including phenoxy) is 1. The van der Waals surface area contributed by atoms with E-state index in [0.29, 0.717) is 0 Å². The van der Waals surface area contributed by atoms with Crippen LogP contribution in [0.1, 0.15) is 46.5 Å². The van der Waals surface area contributed by atoms with Crippen LogP contribution in [0.5, 0.6) is 0 Å². The molecule has 0 amide bonds. The van der Waals surface area contributed by atoms with Crippen molar-refractivity contribution in [2.45, 2.75) is 46.5 Å². The Morgan fingerprint density at radius 3 is 1.67 bits per heavy atom. The van der Waals surface area contributed by atoms with E-state index < -0.39 is 6.16 Å². The Morgan fingerprint density at radius 1 is 1.17 bits per heavy atom. The topological polar surface area (TPSA) is 46.5 Å². The van der Waals surface area contributed by atoms with Gasteiger partial charge in [-0.3, -0.25) is 0 Å². The van der Waals surface area contributed by atoms with Crippen LogP contribution < -0.4 is 0 Å². The molecule has 0 bridgehead atoms. The number of hydrogen-bond donors (Lipinski definition) is 1. The lowest BCUT2D eigenvalue weighted by Gasteiger charge is -1.87. The summed E-state index contributed by atoms with van der Waals surface area (Å²) in [7, 11) is 0. The van der Waals surface area contributed by atoms with E-state index in [2.05, 4.69) is 18.6 Å². The van der Waals surface area contributed by atoms with Gasteiger partial charge < -0.3 is 9.84 Å². The van der Waals surface area contributed by atoms with Gasteiger partial charge in [-0.25, -0.2) is 4.79 Å². The van der Waals surface area contributed by atoms with Gasteiger partial charge >= 0.3 is 6.16 Å². The van der Waals surface area contributed by atoms with Gasteiger partial charge in [-0.1, -0.05) is 39.5 Å². The lowest BCUT2D eigenvalue weighted by molar-refractivity contribution is 0.0966. The molecule has 0 aromatic rings. The molecule has 0 fully saturated rings. The molecule has 0 atom stereocenters. The number of carbonyl (C=O) groups is 1. The van der Waals surface area contributed by atoms with Crippen LogP contribution in [0.15, 0.2) is 0 Å². The minimum absolute atomic E-state index is 0.231. The Kier molecular flexibility index (Phi) is 14.9. The summed E-state index contributed by atoms with van der Waals surface area (Å²) in [4.78, 5) is 9.38. The van der Waals surface area contributed by atoms with Crippen molar-refractivity contribution >= 4 is 6.16 Å². The first-order valence-corrected chi connectivity index (χ1v) is 4.54. The standard InChI is InChI=1S/C6H14.C3H6O3/c1-3-5-6-4-2;1-2-6-3(4)5/h3-6H2,1-2H3;2H2,1H3,(H,4,5). The van der Waals surface area contributed by atoms with E-state index in [1.807, 2.05) is 0 Å². The molecule has 0 rings (SSSR count). The van der Waals surface area contributed by atoms with E-state index in [9.17, 15) is 4.79 Å². The molecule has 1 N–H and O–H groups in total. The Morgan fingerprint density at radius 2 is 1.58 bits per heavy atom. The molecule has 0 heterocycles. The molecule has 0 aromatic heterocycles. The summed E-state index contributed by atoms with van der Waals surface area (Å²) in [6.07, 6.45) is 4.33. The maximum Gasteiger partial charge on any atom is 0.505 e. The van der Waals surface area contributed by atoms with Crippen molar-refractivity contribution in [2.24, 2.45) is 0 Å². The average Bonchev–Trinajstić information content (AvgIpc) is 2.02. The number of carboxylic acid groups (broad SMARTS) is 1. The van der Waals surface area contributed by atoms with Crippen LogP contribution in [-0.2, 0) is 4.74 Å². The molecular formula is C9H20O3. The zero-order valence-corrected chi connectivity index (χ0v) is 8.30. The molecule has 3 nitrogen and oxygen atoms in total. The first-order valence-electron chi connectivity index (χ1n) is 4.54. The number of hydrogen-bond acceptors (Lipinski definition) is 2. The van der Waals surface area contributed by atoms with E-state index >= 15 is 0 Å². The van der Waals surface area contributed by atoms with Crippen molar-refractivity contribution < 1.29 is 14.6 Å². The Balaban J connectivity index is 0. The van der Waals surface area contributed by atoms with Crippen molar-refractivity contribution in [3.63, 3.8) is 0 Å². The highest BCUT2D eigenvalue weighted by molar-refractivity contribution is 5.56. The Bertz CT molecular complexity index is 87.8. The molecule has 0 unspecified atom stereocenters. The third-order valence-electron chi connectivity index (χ3n) is 1.22. The van der Waals surface area contributed by atoms with Gasteiger partial charge in [0.25, 0.3) is 0 Å². The van der Waals surface area contributed by atoms with E-state index in [1.54, 1.807) is 6.92 Å². The maximum atomic E-state index is 9.38. The quantitative estimate of drug-likeness (QED) is 0.528. The molecule has 0 aliphatic carbocycles. The lowest BCUT2D eigenvalue weighted by Crippen LogP contribution is -1.97. The van der Waals surface area contributed by atoms with Gasteiger partial charge in [-0.15, -0.1) is 0 Å². The van der Waals surface area contributed by atoms with E-state index in [-0.39, 0.29) is 6.61 Å². The minimum atomic E-state index is -1.21. The van der Waals surface area contributed by atoms with Crippen LogP contribution in [0.25, 0.3) is 0 Å². The molecular weight excluding hydrogens is 156 g/mol. The monoisotopic (exact) mass is 176 g/mol. The first kappa shape index (κ1) is 13.8. The van der Waals surface area contributed by atoms with E-state index in [4.69, 9.17) is 5.11 Å². The smallest absolute Gasteiger partial charge is 0.450 e. The van der Waals surface area contributed by atoms with Gasteiger partial charge in [0.05, 0.1) is 6.61 Å². The van der Waals surface area contributed by atoms with Gasteiger partial charge in [0.2, 0.25) is 0 Å². The highest BCUT2D eigenvalue weighted by atomic mass is 16.7. The summed E-state index contributed by atoms with van der Waals surface area (Å²) in [5, 5.41) is 7.69. The largest absolute Gasteiger partial charge is 0.505 e. The molecule has 0 saturated carbocycles. The van der Waals surface area contributed by atoms with Crippen LogP contribution in [0.3, 0.4) is 0 Å². The van der Waals surface area contributed by atoms with E-state index in [0.717, 1.165) is 0 Å². The summed E-state index contributed by atoms with van der Waals surface area (Å²) in [5.74, 6) is 0. The van der Waals surface area contributed by atoms with Gasteiger partial charge in [0.15, 0.2) is 0 Å². The zero-order valence-electron chi connectivity index (χ0n) is 8.30. The predicted molar refractivity (Wildman–Crippen MR) is 49.5 cm³/mol. The average molecular weight is 176 g/mol. The van der Waals surface area contributed by atoms with Crippen molar-refractivity contribution in [1.82, 2.24) is 0 Å². The summed E-state index contributed by atoms with van der Waals surface area (Å²) >= 11 is 0. The van der Waals surface area contributed by atoms with Crippen LogP contribution in [0, 0.1) is 0 Å². The molecule has 0 aliphatic rings. The van der Waals surface area contributed by atoms with Crippen molar-refractivity contribution in [1.29, 1.82) is 0 Å². The van der Waals surface area contributed by atoms with Gasteiger partial charge in [0, 0.05) is 0 Å². The highest BCUT2D eigenvalue weighted by Gasteiger charge is 1.86. The van der Waals surface area contributed by atoms with Gasteiger partial charge in [0.1, 0.15) is 0 Å². The van der Waals surface area contributed by atoms with Gasteiger partial charge in [-0.05, 0) is 6.92 Å². The molecule has 12 heavy (non-hydrogen) atoms. The molecule has 0 aromatic carbocycles. The second-order valence-corrected chi connectivity index (χ2v) is 2.41. The van der Waals surface area contributed by atoms with Crippen LogP contribution in [0.2, 0.25) is 0 Å². The Hall–Kier alpha value is -0.730. The van der Waals surface area contributed by atoms with E-state index in [1.165, 1.54) is 25.7 Å². The molecule has 0 spiro atoms. The van der Waals surface area contributed by atoms with Gasteiger partial charge in [-0.2, -0.15) is 0 Å². The molecule has 74 valence electrons. The van der Waals surface area contributed by atoms with Crippen LogP contribution in [-0.4, -0.2) is 17.9 Å². The zero-order chi connectivity index (χ0) is 9.82. The fraction of sp³-hybridized carbons (Fsp3) is 0.889. The minimum Gasteiger partial charge on any atom is -0.450 e. The summed E-state index contributed by atoms with van der Waals surface area (Å²) in [6.45, 7) is 6.31. The van der Waals surface area contributed by atoms with Crippen LogP contribution >= 0.6 is 0 Å². The lowest BCUT2D eigenvalue weighted by atomic mass is 10.2. The molecule has 0 saturated heterocycles. The summed E-state index contributed by atoms with van der Waals surface area (Å²) < 4.78 is 3.96. The highest BCUT2D eigenvalue weighted by Crippen LogP contribution is 1.95. The van der Waals surface area contributed by atoms with Crippen molar-refractivity contribution in [3.8, 4) is 0 Å². The van der Waals surface area contributed by atoms with Crippen molar-refractivity contribution in [2.75, 3.05) is 6.61 Å². The predicted octanol–water partition coefficient (Wildman–Crippen LogP) is 3.29. The van der Waals surface area contributed by atoms with Crippen molar-refractivity contribution in [3.05, 3.63) is 0 Å². The third-order valence-corrected chi connectivity index (χ3v) is 1.22.